The van der Waals surface area contributed by atoms with E-state index in [1.807, 2.05) is 0 Å². The topological polar surface area (TPSA) is 3.24 Å². The smallest absolute Gasteiger partial charge is 0.0842 e. The summed E-state index contributed by atoms with van der Waals surface area (Å²) < 4.78 is 13.7. The monoisotopic (exact) mass is 279 g/mol. The van der Waals surface area contributed by atoms with E-state index in [9.17, 15) is 4.48 Å². The van der Waals surface area contributed by atoms with Gasteiger partial charge in [-0.15, -0.1) is 5.12 Å². The Morgan fingerprint density at radius 3 is 2.28 bits per heavy atom. The van der Waals surface area contributed by atoms with Gasteiger partial charge in [0.1, 0.15) is 0 Å². The zero-order valence-corrected chi connectivity index (χ0v) is 10.7. The number of nitrogens with zero attached hydrogens (tertiary/aromatic N) is 1. The van der Waals surface area contributed by atoms with Gasteiger partial charge in [0.2, 0.25) is 0 Å². The highest BCUT2D eigenvalue weighted by atomic mass is 35.5. The largest absolute Gasteiger partial charge is 0.135 e. The second kappa shape index (κ2) is 5.77. The molecule has 2 rings (SSSR count). The van der Waals surface area contributed by atoms with Gasteiger partial charge >= 0.3 is 0 Å². The predicted molar refractivity (Wildman–Crippen MR) is 73.4 cm³/mol. The third-order valence-corrected chi connectivity index (χ3v) is 2.80. The van der Waals surface area contributed by atoms with E-state index >= 15 is 0 Å². The van der Waals surface area contributed by atoms with Crippen LogP contribution < -0.4 is 5.12 Å². The Morgan fingerprint density at radius 1 is 0.944 bits per heavy atom. The van der Waals surface area contributed by atoms with Crippen LogP contribution in [0.5, 0.6) is 0 Å². The summed E-state index contributed by atoms with van der Waals surface area (Å²) in [5.74, 6) is 2.66. The van der Waals surface area contributed by atoms with Crippen LogP contribution >= 0.6 is 23.2 Å². The molecule has 1 nitrogen and oxygen atoms in total. The molecule has 0 saturated heterocycles. The van der Waals surface area contributed by atoms with Gasteiger partial charge in [-0.05, 0) is 42.3 Å². The van der Waals surface area contributed by atoms with E-state index in [2.05, 4.69) is 12.0 Å². The van der Waals surface area contributed by atoms with Gasteiger partial charge in [-0.3, -0.25) is 0 Å². The van der Waals surface area contributed by atoms with E-state index in [1.54, 1.807) is 48.5 Å². The average molecular weight is 280 g/mol. The van der Waals surface area contributed by atoms with Crippen LogP contribution in [0.1, 0.15) is 5.56 Å². The van der Waals surface area contributed by atoms with Crippen molar-refractivity contribution in [2.45, 2.75) is 0 Å². The number of rotatable bonds is 1. The van der Waals surface area contributed by atoms with Gasteiger partial charge in [-0.25, -0.2) is 0 Å². The second-order valence-electron chi connectivity index (χ2n) is 3.47. The van der Waals surface area contributed by atoms with Gasteiger partial charge < -0.3 is 0 Å². The summed E-state index contributed by atoms with van der Waals surface area (Å²) in [7, 11) is 0. The van der Waals surface area contributed by atoms with Crippen molar-refractivity contribution in [1.82, 2.24) is 0 Å². The normalized spacial score (nSPS) is 9.50. The van der Waals surface area contributed by atoms with Crippen molar-refractivity contribution in [2.24, 2.45) is 0 Å². The first-order chi connectivity index (χ1) is 8.66. The Balaban J connectivity index is 2.20. The molecule has 0 radical (unpaired) electrons. The zero-order chi connectivity index (χ0) is 13.0. The van der Waals surface area contributed by atoms with E-state index in [4.69, 9.17) is 23.2 Å². The van der Waals surface area contributed by atoms with Gasteiger partial charge in [0.25, 0.3) is 0 Å². The van der Waals surface area contributed by atoms with Crippen LogP contribution in [-0.2, 0) is 0 Å². The van der Waals surface area contributed by atoms with Crippen LogP contribution in [0.25, 0.3) is 0 Å². The van der Waals surface area contributed by atoms with Crippen molar-refractivity contribution in [2.75, 3.05) is 5.12 Å². The first-order valence-electron chi connectivity index (χ1n) is 5.14. The fraction of sp³-hybridized carbons (Fsp3) is 0. The standard InChI is InChI=1S/C14H8Cl2FN/c15-12-5-7-13(8-6-12)18(17)10-9-11-3-1-2-4-14(11)16/h1-8H. The van der Waals surface area contributed by atoms with Crippen LogP contribution in [0.3, 0.4) is 0 Å². The molecule has 0 N–H and O–H groups in total. The van der Waals surface area contributed by atoms with Crippen molar-refractivity contribution >= 4 is 28.9 Å². The summed E-state index contributed by atoms with van der Waals surface area (Å²) in [6, 6.07) is 15.7. The fourth-order valence-electron chi connectivity index (χ4n) is 1.31. The summed E-state index contributed by atoms with van der Waals surface area (Å²) >= 11 is 11.6. The zero-order valence-electron chi connectivity index (χ0n) is 9.20. The molecule has 2 aromatic rings. The number of hydrogen-bond acceptors (Lipinski definition) is 1. The highest BCUT2D eigenvalue weighted by Gasteiger charge is 2.01. The molecule has 0 bridgehead atoms. The lowest BCUT2D eigenvalue weighted by molar-refractivity contribution is 0.511. The Morgan fingerprint density at radius 2 is 1.61 bits per heavy atom. The Labute approximate surface area is 115 Å². The molecule has 0 fully saturated rings. The molecule has 18 heavy (non-hydrogen) atoms. The molecule has 0 amide bonds. The van der Waals surface area contributed by atoms with Gasteiger partial charge in [-0.2, -0.15) is 0 Å². The highest BCUT2D eigenvalue weighted by molar-refractivity contribution is 6.31. The predicted octanol–water partition coefficient (Wildman–Crippen LogP) is 4.69. The summed E-state index contributed by atoms with van der Waals surface area (Å²) in [4.78, 5) is 0. The summed E-state index contributed by atoms with van der Waals surface area (Å²) in [5, 5.41) is 1.38. The second-order valence-corrected chi connectivity index (χ2v) is 4.32. The van der Waals surface area contributed by atoms with Gasteiger partial charge in [0, 0.05) is 10.6 Å². The Kier molecular flexibility index (Phi) is 4.09. The molecule has 0 aliphatic carbocycles. The van der Waals surface area contributed by atoms with E-state index in [-0.39, 0.29) is 0 Å². The first kappa shape index (κ1) is 12.8. The van der Waals surface area contributed by atoms with Gasteiger partial charge in [0.05, 0.1) is 16.8 Å². The van der Waals surface area contributed by atoms with Crippen LogP contribution in [0.4, 0.5) is 10.2 Å². The lowest BCUT2D eigenvalue weighted by Gasteiger charge is -2.04. The number of anilines is 1. The maximum Gasteiger partial charge on any atom is 0.0842 e. The molecule has 0 atom stereocenters. The van der Waals surface area contributed by atoms with Crippen LogP contribution in [-0.4, -0.2) is 0 Å². The van der Waals surface area contributed by atoms with Crippen molar-refractivity contribution in [3.63, 3.8) is 0 Å². The number of hydrogen-bond donors (Lipinski definition) is 0. The summed E-state index contributed by atoms with van der Waals surface area (Å²) in [5.41, 5.74) is 0.898. The minimum atomic E-state index is 0.318. The molecule has 90 valence electrons. The highest BCUT2D eigenvalue weighted by Crippen LogP contribution is 2.18. The molecule has 0 aliphatic rings. The van der Waals surface area contributed by atoms with Crippen molar-refractivity contribution in [1.29, 1.82) is 0 Å². The molecular weight excluding hydrogens is 272 g/mol. The summed E-state index contributed by atoms with van der Waals surface area (Å²) in [6.45, 7) is 0. The molecule has 4 heteroatoms. The van der Waals surface area contributed by atoms with Crippen LogP contribution in [0.15, 0.2) is 48.5 Å². The maximum atomic E-state index is 13.7. The van der Waals surface area contributed by atoms with Crippen molar-refractivity contribution < 1.29 is 4.48 Å². The molecule has 0 aromatic heterocycles. The SMILES string of the molecule is FN(C#Cc1ccccc1Cl)c1ccc(Cl)cc1. The summed E-state index contributed by atoms with van der Waals surface area (Å²) in [6.07, 6.45) is 0. The molecular formula is C14H8Cl2FN. The van der Waals surface area contributed by atoms with E-state index in [0.717, 1.165) is 0 Å². The van der Waals surface area contributed by atoms with Crippen LogP contribution in [0, 0.1) is 12.0 Å². The van der Waals surface area contributed by atoms with Gasteiger partial charge in [-0.1, -0.05) is 39.8 Å². The number of halogens is 3. The molecule has 0 heterocycles. The Hall–Kier alpha value is -1.69. The molecule has 0 saturated carbocycles. The Bertz CT molecular complexity index is 599. The molecule has 2 aromatic carbocycles. The first-order valence-corrected chi connectivity index (χ1v) is 5.90. The molecule has 0 aliphatic heterocycles. The fourth-order valence-corrected chi connectivity index (χ4v) is 1.62. The van der Waals surface area contributed by atoms with Crippen LogP contribution in [0.2, 0.25) is 10.0 Å². The average Bonchev–Trinajstić information content (AvgIpc) is 2.38. The molecule has 0 unspecified atom stereocenters. The van der Waals surface area contributed by atoms with E-state index in [0.29, 0.717) is 26.4 Å². The maximum absolute atomic E-state index is 13.7. The lowest BCUT2D eigenvalue weighted by Crippen LogP contribution is -2.01. The minimum absolute atomic E-state index is 0.318. The van der Waals surface area contributed by atoms with E-state index in [1.165, 1.54) is 0 Å². The molecule has 0 spiro atoms. The lowest BCUT2D eigenvalue weighted by atomic mass is 10.2. The van der Waals surface area contributed by atoms with E-state index < -0.39 is 0 Å². The quantitative estimate of drug-likeness (QED) is 0.416. The third kappa shape index (κ3) is 3.16. The number of benzene rings is 2. The third-order valence-electron chi connectivity index (χ3n) is 2.22. The van der Waals surface area contributed by atoms with Gasteiger partial charge in [0.15, 0.2) is 0 Å². The van der Waals surface area contributed by atoms with Crippen molar-refractivity contribution in [3.8, 4) is 12.0 Å². The van der Waals surface area contributed by atoms with Crippen molar-refractivity contribution in [3.05, 3.63) is 64.1 Å². The minimum Gasteiger partial charge on any atom is -0.135 e.